The number of carbonyl (C=O) groups is 1. The lowest BCUT2D eigenvalue weighted by Crippen LogP contribution is -2.50. The van der Waals surface area contributed by atoms with Gasteiger partial charge in [-0.15, -0.1) is 0 Å². The summed E-state index contributed by atoms with van der Waals surface area (Å²) in [5, 5.41) is 3.43. The van der Waals surface area contributed by atoms with E-state index in [4.69, 9.17) is 0 Å². The molecule has 7 nitrogen and oxygen atoms in total. The monoisotopic (exact) mass is 402 g/mol. The van der Waals surface area contributed by atoms with Gasteiger partial charge in [0.1, 0.15) is 10.7 Å². The van der Waals surface area contributed by atoms with Crippen molar-refractivity contribution in [1.82, 2.24) is 19.0 Å². The fourth-order valence-corrected chi connectivity index (χ4v) is 4.47. The van der Waals surface area contributed by atoms with E-state index in [2.05, 4.69) is 5.10 Å². The summed E-state index contributed by atoms with van der Waals surface area (Å²) >= 11 is 0. The first-order valence-corrected chi connectivity index (χ1v) is 9.53. The molecule has 11 heteroatoms. The summed E-state index contributed by atoms with van der Waals surface area (Å²) in [7, 11) is -4.00. The second-order valence-corrected chi connectivity index (χ2v) is 7.93. The number of hydrogen-bond acceptors (Lipinski definition) is 4. The largest absolute Gasteiger partial charge is 0.336 e. The third-order valence-electron chi connectivity index (χ3n) is 4.42. The lowest BCUT2D eigenvalue weighted by molar-refractivity contribution is 0.0540. The molecule has 146 valence electrons. The molecule has 0 spiro atoms. The van der Waals surface area contributed by atoms with Crippen molar-refractivity contribution >= 4 is 15.9 Å². The fraction of sp³-hybridized carbons (Fsp3) is 0.375. The molecule has 2 heterocycles. The predicted octanol–water partition coefficient (Wildman–Crippen LogP) is 1.87. The van der Waals surface area contributed by atoms with Crippen LogP contribution in [0.3, 0.4) is 0 Å². The molecule has 0 unspecified atom stereocenters. The molecular formula is C16H17F3N4O3S. The van der Waals surface area contributed by atoms with Crippen LogP contribution in [-0.2, 0) is 10.0 Å². The second kappa shape index (κ2) is 7.31. The van der Waals surface area contributed by atoms with Gasteiger partial charge in [0.05, 0.1) is 11.9 Å². The van der Waals surface area contributed by atoms with Gasteiger partial charge in [0.2, 0.25) is 10.0 Å². The van der Waals surface area contributed by atoms with Gasteiger partial charge < -0.3 is 4.90 Å². The number of benzene rings is 1. The van der Waals surface area contributed by atoms with Gasteiger partial charge >= 0.3 is 6.55 Å². The molecule has 0 bridgehead atoms. The van der Waals surface area contributed by atoms with Crippen molar-refractivity contribution in [2.24, 2.45) is 0 Å². The van der Waals surface area contributed by atoms with Crippen molar-refractivity contribution in [3.05, 3.63) is 47.5 Å². The van der Waals surface area contributed by atoms with Crippen LogP contribution in [-0.4, -0.2) is 59.5 Å². The Balaban J connectivity index is 1.71. The van der Waals surface area contributed by atoms with Crippen molar-refractivity contribution in [3.63, 3.8) is 0 Å². The fourth-order valence-electron chi connectivity index (χ4n) is 2.90. The number of amides is 1. The highest BCUT2D eigenvalue weighted by atomic mass is 32.2. The first-order valence-electron chi connectivity index (χ1n) is 8.09. The minimum atomic E-state index is -4.00. The molecular weight excluding hydrogens is 385 g/mol. The molecule has 1 aliphatic rings. The van der Waals surface area contributed by atoms with Crippen molar-refractivity contribution in [2.75, 3.05) is 26.2 Å². The molecule has 27 heavy (non-hydrogen) atoms. The van der Waals surface area contributed by atoms with Gasteiger partial charge in [-0.2, -0.15) is 18.2 Å². The lowest BCUT2D eigenvalue weighted by atomic mass is 10.2. The van der Waals surface area contributed by atoms with Crippen LogP contribution in [0.2, 0.25) is 0 Å². The summed E-state index contributed by atoms with van der Waals surface area (Å²) in [5.74, 6) is -0.782. The van der Waals surface area contributed by atoms with E-state index in [1.807, 2.05) is 0 Å². The number of aromatic nitrogens is 2. The van der Waals surface area contributed by atoms with Gasteiger partial charge in [0.25, 0.3) is 5.91 Å². The Labute approximate surface area is 154 Å². The van der Waals surface area contributed by atoms with Crippen LogP contribution in [0.1, 0.15) is 22.6 Å². The average molecular weight is 402 g/mol. The minimum Gasteiger partial charge on any atom is -0.336 e. The third kappa shape index (κ3) is 3.69. The number of alkyl halides is 2. The van der Waals surface area contributed by atoms with Crippen LogP contribution in [0.25, 0.3) is 0 Å². The number of nitrogens with zero attached hydrogens (tertiary/aromatic N) is 4. The van der Waals surface area contributed by atoms with Gasteiger partial charge in [0.15, 0.2) is 0 Å². The average Bonchev–Trinajstić information content (AvgIpc) is 3.04. The third-order valence-corrected chi connectivity index (χ3v) is 6.42. The summed E-state index contributed by atoms with van der Waals surface area (Å²) in [6, 6.07) is 5.08. The van der Waals surface area contributed by atoms with Crippen LogP contribution in [0.15, 0.2) is 35.4 Å². The molecule has 2 aromatic rings. The van der Waals surface area contributed by atoms with Crippen molar-refractivity contribution in [1.29, 1.82) is 0 Å². The zero-order valence-corrected chi connectivity index (χ0v) is 15.2. The minimum absolute atomic E-state index is 0.0224. The molecule has 0 aliphatic carbocycles. The second-order valence-electron chi connectivity index (χ2n) is 6.02. The maximum Gasteiger partial charge on any atom is 0.333 e. The Hall–Kier alpha value is -2.40. The molecule has 1 aromatic carbocycles. The van der Waals surface area contributed by atoms with Gasteiger partial charge in [-0.25, -0.2) is 17.5 Å². The van der Waals surface area contributed by atoms with Crippen molar-refractivity contribution < 1.29 is 26.4 Å². The highest BCUT2D eigenvalue weighted by Gasteiger charge is 2.33. The van der Waals surface area contributed by atoms with E-state index in [9.17, 15) is 26.4 Å². The Morgan fingerprint density at radius 1 is 1.11 bits per heavy atom. The van der Waals surface area contributed by atoms with Crippen LogP contribution in [0.5, 0.6) is 0 Å². The number of carbonyl (C=O) groups excluding carboxylic acids is 1. The Kier molecular flexibility index (Phi) is 5.24. The summed E-state index contributed by atoms with van der Waals surface area (Å²) in [6.45, 7) is -1.35. The highest BCUT2D eigenvalue weighted by Crippen LogP contribution is 2.24. The first kappa shape index (κ1) is 19.4. The Morgan fingerprint density at radius 2 is 1.70 bits per heavy atom. The number of rotatable bonds is 4. The van der Waals surface area contributed by atoms with Gasteiger partial charge in [-0.3, -0.25) is 4.79 Å². The molecule has 1 saturated heterocycles. The molecule has 0 radical (unpaired) electrons. The molecule has 1 amide bonds. The molecule has 1 fully saturated rings. The first-order chi connectivity index (χ1) is 12.7. The number of halogens is 3. The quantitative estimate of drug-likeness (QED) is 0.783. The van der Waals surface area contributed by atoms with Crippen LogP contribution >= 0.6 is 0 Å². The molecule has 1 aliphatic heterocycles. The van der Waals surface area contributed by atoms with Gasteiger partial charge in [-0.1, -0.05) is 0 Å². The maximum absolute atomic E-state index is 13.0. The summed E-state index contributed by atoms with van der Waals surface area (Å²) in [6.07, 6.45) is 0.910. The Morgan fingerprint density at radius 3 is 2.22 bits per heavy atom. The van der Waals surface area contributed by atoms with Gasteiger partial charge in [-0.05, 0) is 31.2 Å². The van der Waals surface area contributed by atoms with E-state index in [1.165, 1.54) is 36.1 Å². The highest BCUT2D eigenvalue weighted by molar-refractivity contribution is 7.89. The zero-order valence-electron chi connectivity index (χ0n) is 14.3. The van der Waals surface area contributed by atoms with E-state index < -0.39 is 22.4 Å². The smallest absolute Gasteiger partial charge is 0.333 e. The van der Waals surface area contributed by atoms with E-state index in [0.717, 1.165) is 10.5 Å². The lowest BCUT2D eigenvalue weighted by Gasteiger charge is -2.34. The van der Waals surface area contributed by atoms with Crippen molar-refractivity contribution in [2.45, 2.75) is 18.4 Å². The SMILES string of the molecule is Cc1c(S(=O)(=O)N2CCN(C(=O)c3ccc(F)cc3)CC2)cnn1C(F)F. The van der Waals surface area contributed by atoms with E-state index >= 15 is 0 Å². The number of sulfonamides is 1. The number of piperazine rings is 1. The van der Waals surface area contributed by atoms with Crippen molar-refractivity contribution in [3.8, 4) is 0 Å². The van der Waals surface area contributed by atoms with E-state index in [1.54, 1.807) is 0 Å². The summed E-state index contributed by atoms with van der Waals surface area (Å²) < 4.78 is 65.5. The molecule has 0 atom stereocenters. The molecule has 0 saturated carbocycles. The topological polar surface area (TPSA) is 75.5 Å². The molecule has 3 rings (SSSR count). The Bertz CT molecular complexity index is 936. The van der Waals surface area contributed by atoms with Crippen LogP contribution < -0.4 is 0 Å². The summed E-state index contributed by atoms with van der Waals surface area (Å²) in [4.78, 5) is 13.6. The molecule has 0 N–H and O–H groups in total. The van der Waals surface area contributed by atoms with E-state index in [-0.39, 0.29) is 42.7 Å². The van der Waals surface area contributed by atoms with E-state index in [0.29, 0.717) is 10.2 Å². The van der Waals surface area contributed by atoms with Crippen LogP contribution in [0, 0.1) is 12.7 Å². The van der Waals surface area contributed by atoms with Gasteiger partial charge in [0, 0.05) is 31.7 Å². The number of hydrogen-bond donors (Lipinski definition) is 0. The standard InChI is InChI=1S/C16H17F3N4O3S/c1-11-14(10-20-23(11)16(18)19)27(25,26)22-8-6-21(7-9-22)15(24)12-2-4-13(17)5-3-12/h2-5,10,16H,6-9H2,1H3. The maximum atomic E-state index is 13.0. The predicted molar refractivity (Wildman–Crippen MR) is 89.3 cm³/mol. The molecule has 1 aromatic heterocycles. The summed E-state index contributed by atoms with van der Waals surface area (Å²) in [5.41, 5.74) is 0.163. The van der Waals surface area contributed by atoms with Crippen LogP contribution in [0.4, 0.5) is 13.2 Å². The zero-order chi connectivity index (χ0) is 19.8. The normalized spacial score (nSPS) is 16.1.